The first-order chi connectivity index (χ1) is 15.9. The van der Waals surface area contributed by atoms with Crippen LogP contribution in [0, 0.1) is 0 Å². The number of methoxy groups -OCH3 is 1. The SMILES string of the molecule is COc1ccc(S(=O)(=O)NC[C@H]2O[C@@H](CO)[C@@H](O)[C@H]2N2CCN(c3ccccn3)CC2)cc1.Cl.Cl. The number of hydrogen-bond donors (Lipinski definition) is 3. The van der Waals surface area contributed by atoms with E-state index in [2.05, 4.69) is 19.5 Å². The summed E-state index contributed by atoms with van der Waals surface area (Å²) < 4.78 is 39.0. The molecular weight excluding hydrogens is 519 g/mol. The lowest BCUT2D eigenvalue weighted by Gasteiger charge is -2.40. The van der Waals surface area contributed by atoms with E-state index in [9.17, 15) is 18.6 Å². The van der Waals surface area contributed by atoms with Crippen LogP contribution in [-0.4, -0.2) is 99.3 Å². The molecule has 196 valence electrons. The Morgan fingerprint density at radius 1 is 1.09 bits per heavy atom. The summed E-state index contributed by atoms with van der Waals surface area (Å²) in [5.74, 6) is 1.46. The lowest BCUT2D eigenvalue weighted by molar-refractivity contribution is -0.0201. The first-order valence-corrected chi connectivity index (χ1v) is 12.4. The summed E-state index contributed by atoms with van der Waals surface area (Å²) in [6, 6.07) is 11.4. The lowest BCUT2D eigenvalue weighted by atomic mass is 10.0. The number of aliphatic hydroxyl groups is 2. The number of ether oxygens (including phenoxy) is 2. The van der Waals surface area contributed by atoms with Crippen LogP contribution in [0.5, 0.6) is 5.75 Å². The van der Waals surface area contributed by atoms with Crippen LogP contribution >= 0.6 is 24.8 Å². The van der Waals surface area contributed by atoms with Crippen molar-refractivity contribution in [2.45, 2.75) is 29.2 Å². The van der Waals surface area contributed by atoms with Gasteiger partial charge in [-0.25, -0.2) is 18.1 Å². The van der Waals surface area contributed by atoms with Gasteiger partial charge < -0.3 is 24.6 Å². The molecule has 0 unspecified atom stereocenters. The van der Waals surface area contributed by atoms with E-state index in [1.54, 1.807) is 18.3 Å². The Kier molecular flexibility index (Phi) is 11.0. The number of benzene rings is 1. The third-order valence-electron chi connectivity index (χ3n) is 6.19. The average Bonchev–Trinajstić information content (AvgIpc) is 3.18. The first kappa shape index (κ1) is 29.5. The van der Waals surface area contributed by atoms with Crippen molar-refractivity contribution in [3.05, 3.63) is 48.7 Å². The topological polar surface area (TPSA) is 124 Å². The van der Waals surface area contributed by atoms with Crippen LogP contribution in [-0.2, 0) is 14.8 Å². The van der Waals surface area contributed by atoms with Gasteiger partial charge >= 0.3 is 0 Å². The number of halogens is 2. The number of sulfonamides is 1. The molecule has 0 radical (unpaired) electrons. The van der Waals surface area contributed by atoms with Crippen molar-refractivity contribution in [1.29, 1.82) is 0 Å². The van der Waals surface area contributed by atoms with Crippen LogP contribution in [0.4, 0.5) is 5.82 Å². The number of aromatic nitrogens is 1. The Morgan fingerprint density at radius 2 is 1.77 bits per heavy atom. The molecule has 13 heteroatoms. The number of hydrogen-bond acceptors (Lipinski definition) is 9. The van der Waals surface area contributed by atoms with Crippen LogP contribution in [0.1, 0.15) is 0 Å². The molecule has 2 fully saturated rings. The minimum absolute atomic E-state index is 0. The molecular formula is C22H32Cl2N4O6S. The molecule has 0 amide bonds. The fourth-order valence-electron chi connectivity index (χ4n) is 4.42. The fraction of sp³-hybridized carbons (Fsp3) is 0.500. The van der Waals surface area contributed by atoms with Crippen molar-refractivity contribution in [2.24, 2.45) is 0 Å². The summed E-state index contributed by atoms with van der Waals surface area (Å²) in [5.41, 5.74) is 0. The molecule has 35 heavy (non-hydrogen) atoms. The van der Waals surface area contributed by atoms with Crippen LogP contribution < -0.4 is 14.4 Å². The minimum Gasteiger partial charge on any atom is -0.497 e. The first-order valence-electron chi connectivity index (χ1n) is 10.9. The zero-order chi connectivity index (χ0) is 23.4. The molecule has 1 aromatic heterocycles. The zero-order valence-electron chi connectivity index (χ0n) is 19.3. The zero-order valence-corrected chi connectivity index (χ0v) is 21.7. The van der Waals surface area contributed by atoms with E-state index in [1.807, 2.05) is 18.2 Å². The highest BCUT2D eigenvalue weighted by atomic mass is 35.5. The average molecular weight is 551 g/mol. The molecule has 2 aliphatic rings. The molecule has 0 bridgehead atoms. The Morgan fingerprint density at radius 3 is 2.34 bits per heavy atom. The third-order valence-corrected chi connectivity index (χ3v) is 7.63. The van der Waals surface area contributed by atoms with Gasteiger partial charge in [0.1, 0.15) is 23.8 Å². The lowest BCUT2D eigenvalue weighted by Crippen LogP contribution is -2.57. The second-order valence-electron chi connectivity index (χ2n) is 8.12. The Balaban J connectivity index is 0.00000216. The predicted molar refractivity (Wildman–Crippen MR) is 136 cm³/mol. The van der Waals surface area contributed by atoms with Gasteiger partial charge in [0.15, 0.2) is 0 Å². The summed E-state index contributed by atoms with van der Waals surface area (Å²) in [4.78, 5) is 8.78. The highest BCUT2D eigenvalue weighted by Gasteiger charge is 2.47. The third kappa shape index (κ3) is 6.75. The van der Waals surface area contributed by atoms with E-state index in [1.165, 1.54) is 19.2 Å². The highest BCUT2D eigenvalue weighted by molar-refractivity contribution is 7.89. The van der Waals surface area contributed by atoms with Gasteiger partial charge in [0.25, 0.3) is 0 Å². The van der Waals surface area contributed by atoms with E-state index in [-0.39, 0.29) is 42.9 Å². The van der Waals surface area contributed by atoms with Crippen LogP contribution in [0.25, 0.3) is 0 Å². The maximum absolute atomic E-state index is 12.8. The van der Waals surface area contributed by atoms with Crippen molar-refractivity contribution in [3.63, 3.8) is 0 Å². The number of pyridine rings is 1. The monoisotopic (exact) mass is 550 g/mol. The molecule has 4 rings (SSSR count). The van der Waals surface area contributed by atoms with Crippen LogP contribution in [0.15, 0.2) is 53.6 Å². The maximum Gasteiger partial charge on any atom is 0.240 e. The van der Waals surface area contributed by atoms with Crippen LogP contribution in [0.3, 0.4) is 0 Å². The van der Waals surface area contributed by atoms with E-state index < -0.39 is 34.4 Å². The van der Waals surface area contributed by atoms with Crippen molar-refractivity contribution in [2.75, 3.05) is 51.3 Å². The number of nitrogens with one attached hydrogen (secondary N) is 1. The minimum atomic E-state index is -3.78. The summed E-state index contributed by atoms with van der Waals surface area (Å²) in [7, 11) is -2.27. The second kappa shape index (κ2) is 13.0. The molecule has 3 N–H and O–H groups in total. The molecule has 10 nitrogen and oxygen atoms in total. The standard InChI is InChI=1S/C22H30N4O6S.2ClH/c1-31-16-5-7-17(8-6-16)33(29,30)24-14-18-21(22(28)19(15-27)32-18)26-12-10-25(11-13-26)20-4-2-3-9-23-20;;/h2-9,18-19,21-22,24,27-28H,10-15H2,1H3;2*1H/t18-,19+,21+,22-;;/m1../s1. The molecule has 0 spiro atoms. The summed E-state index contributed by atoms with van der Waals surface area (Å²) in [6.45, 7) is 2.38. The van der Waals surface area contributed by atoms with Crippen molar-refractivity contribution < 1.29 is 28.1 Å². The van der Waals surface area contributed by atoms with E-state index in [4.69, 9.17) is 9.47 Å². The molecule has 1 aromatic carbocycles. The van der Waals surface area contributed by atoms with Gasteiger partial charge in [0, 0.05) is 38.9 Å². The molecule has 2 aliphatic heterocycles. The smallest absolute Gasteiger partial charge is 0.240 e. The molecule has 3 heterocycles. The van der Waals surface area contributed by atoms with Gasteiger partial charge in [-0.1, -0.05) is 6.07 Å². The maximum atomic E-state index is 12.8. The Hall–Kier alpha value is -1.70. The quantitative estimate of drug-likeness (QED) is 0.431. The largest absolute Gasteiger partial charge is 0.497 e. The molecule has 2 saturated heterocycles. The summed E-state index contributed by atoms with van der Waals surface area (Å²) >= 11 is 0. The number of aliphatic hydroxyl groups excluding tert-OH is 2. The van der Waals surface area contributed by atoms with Crippen molar-refractivity contribution in [3.8, 4) is 5.75 Å². The van der Waals surface area contributed by atoms with E-state index in [0.717, 1.165) is 5.82 Å². The Labute approximate surface area is 218 Å². The predicted octanol–water partition coefficient (Wildman–Crippen LogP) is 0.523. The summed E-state index contributed by atoms with van der Waals surface area (Å²) in [5, 5.41) is 20.5. The highest BCUT2D eigenvalue weighted by Crippen LogP contribution is 2.28. The number of nitrogens with zero attached hydrogens (tertiary/aromatic N) is 3. The number of piperazine rings is 1. The number of rotatable bonds is 8. The molecule has 4 atom stereocenters. The van der Waals surface area contributed by atoms with Gasteiger partial charge in [-0.3, -0.25) is 4.90 Å². The van der Waals surface area contributed by atoms with Crippen molar-refractivity contribution >= 4 is 40.7 Å². The summed E-state index contributed by atoms with van der Waals surface area (Å²) in [6.07, 6.45) is -0.537. The van der Waals surface area contributed by atoms with Gasteiger partial charge in [-0.2, -0.15) is 0 Å². The van der Waals surface area contributed by atoms with E-state index in [0.29, 0.717) is 31.9 Å². The van der Waals surface area contributed by atoms with Crippen LogP contribution in [0.2, 0.25) is 0 Å². The second-order valence-corrected chi connectivity index (χ2v) is 9.88. The molecule has 2 aromatic rings. The molecule has 0 aliphatic carbocycles. The van der Waals surface area contributed by atoms with Gasteiger partial charge in [0.2, 0.25) is 10.0 Å². The van der Waals surface area contributed by atoms with Crippen molar-refractivity contribution in [1.82, 2.24) is 14.6 Å². The Bertz CT molecular complexity index is 1010. The normalized spacial score (nSPS) is 24.9. The fourth-order valence-corrected chi connectivity index (χ4v) is 5.46. The van der Waals surface area contributed by atoms with Gasteiger partial charge in [0.05, 0.1) is 30.8 Å². The number of anilines is 1. The van der Waals surface area contributed by atoms with E-state index >= 15 is 0 Å². The van der Waals surface area contributed by atoms with Gasteiger partial charge in [-0.15, -0.1) is 24.8 Å². The van der Waals surface area contributed by atoms with Gasteiger partial charge in [-0.05, 0) is 36.4 Å². The molecule has 0 saturated carbocycles.